The van der Waals surface area contributed by atoms with Gasteiger partial charge in [-0.25, -0.2) is 15.0 Å². The number of anilines is 2. The molecule has 0 spiro atoms. The molecule has 5 aromatic rings. The first-order valence-electron chi connectivity index (χ1n) is 8.61. The third-order valence-electron chi connectivity index (χ3n) is 4.29. The Bertz CT molecular complexity index is 1350. The number of carbonyl (C=O) groups excluding carboxylic acids is 2. The van der Waals surface area contributed by atoms with Crippen LogP contribution in [-0.2, 0) is 0 Å². The molecule has 142 valence electrons. The van der Waals surface area contributed by atoms with Crippen molar-refractivity contribution < 1.29 is 9.59 Å². The number of imidazole rings is 2. The molecule has 2 amide bonds. The first-order chi connectivity index (χ1) is 14.2. The first kappa shape index (κ1) is 17.1. The Balaban J connectivity index is 1.42. The van der Waals surface area contributed by atoms with Gasteiger partial charge in [0.25, 0.3) is 11.8 Å². The normalized spacial score (nSPS) is 11.0. The van der Waals surface area contributed by atoms with E-state index in [1.54, 1.807) is 54.2 Å². The van der Waals surface area contributed by atoms with Crippen LogP contribution in [0, 0.1) is 0 Å². The van der Waals surface area contributed by atoms with Gasteiger partial charge >= 0.3 is 0 Å². The number of para-hydroxylation sites is 1. The Morgan fingerprint density at radius 3 is 2.79 bits per heavy atom. The predicted octanol–water partition coefficient (Wildman–Crippen LogP) is 3.40. The van der Waals surface area contributed by atoms with E-state index in [9.17, 15) is 9.59 Å². The molecule has 0 atom stereocenters. The molecular formula is C19H13N7O2S. The average molecular weight is 403 g/mol. The van der Waals surface area contributed by atoms with E-state index in [2.05, 4.69) is 35.6 Å². The van der Waals surface area contributed by atoms with Crippen molar-refractivity contribution >= 4 is 56.2 Å². The highest BCUT2D eigenvalue weighted by Gasteiger charge is 2.16. The second-order valence-electron chi connectivity index (χ2n) is 6.16. The Morgan fingerprint density at radius 2 is 1.93 bits per heavy atom. The van der Waals surface area contributed by atoms with Gasteiger partial charge in [-0.15, -0.1) is 11.3 Å². The number of hydrogen-bond donors (Lipinski definition) is 4. The molecule has 4 aromatic heterocycles. The van der Waals surface area contributed by atoms with Gasteiger partial charge in [0.05, 0.1) is 15.8 Å². The SMILES string of the molecule is O=C(Nc1nc2c(C(=O)Nc3ncc[nH]3)cccc2[nH]1)c1cc2ccsc2cn1. The minimum Gasteiger partial charge on any atom is -0.331 e. The van der Waals surface area contributed by atoms with Crippen molar-refractivity contribution in [3.8, 4) is 0 Å². The molecule has 0 saturated carbocycles. The summed E-state index contributed by atoms with van der Waals surface area (Å²) in [5.41, 5.74) is 1.70. The van der Waals surface area contributed by atoms with Crippen molar-refractivity contribution in [2.24, 2.45) is 0 Å². The number of aromatic nitrogens is 5. The molecule has 29 heavy (non-hydrogen) atoms. The van der Waals surface area contributed by atoms with Crippen LogP contribution in [0.15, 0.2) is 54.3 Å². The van der Waals surface area contributed by atoms with Crippen molar-refractivity contribution in [3.63, 3.8) is 0 Å². The smallest absolute Gasteiger partial charge is 0.276 e. The fraction of sp³-hybridized carbons (Fsp3) is 0. The molecule has 4 N–H and O–H groups in total. The van der Waals surface area contributed by atoms with Crippen LogP contribution < -0.4 is 10.6 Å². The minimum absolute atomic E-state index is 0.232. The summed E-state index contributed by atoms with van der Waals surface area (Å²) in [6.45, 7) is 0. The molecule has 0 bridgehead atoms. The number of benzene rings is 1. The van der Waals surface area contributed by atoms with Crippen molar-refractivity contribution in [2.45, 2.75) is 0 Å². The van der Waals surface area contributed by atoms with E-state index in [4.69, 9.17) is 0 Å². The van der Waals surface area contributed by atoms with Crippen LogP contribution in [0.2, 0.25) is 0 Å². The zero-order valence-corrected chi connectivity index (χ0v) is 15.6. The summed E-state index contributed by atoms with van der Waals surface area (Å²) in [5.74, 6) is -0.181. The molecule has 0 aliphatic heterocycles. The lowest BCUT2D eigenvalue weighted by Gasteiger charge is -2.02. The highest BCUT2D eigenvalue weighted by Crippen LogP contribution is 2.22. The third-order valence-corrected chi connectivity index (χ3v) is 5.16. The van der Waals surface area contributed by atoms with E-state index >= 15 is 0 Å². The van der Waals surface area contributed by atoms with Gasteiger partial charge < -0.3 is 9.97 Å². The highest BCUT2D eigenvalue weighted by molar-refractivity contribution is 7.17. The van der Waals surface area contributed by atoms with Crippen molar-refractivity contribution in [1.29, 1.82) is 0 Å². The average Bonchev–Trinajstić information content (AvgIpc) is 3.46. The number of H-pyrrole nitrogens is 2. The lowest BCUT2D eigenvalue weighted by Crippen LogP contribution is -2.14. The third kappa shape index (κ3) is 3.21. The van der Waals surface area contributed by atoms with Crippen LogP contribution in [0.1, 0.15) is 20.8 Å². The van der Waals surface area contributed by atoms with Crippen molar-refractivity contribution in [1.82, 2.24) is 24.9 Å². The Labute approximate surface area is 167 Å². The summed E-state index contributed by atoms with van der Waals surface area (Å²) in [7, 11) is 0. The second kappa shape index (κ2) is 6.84. The van der Waals surface area contributed by atoms with Gasteiger partial charge in [0.2, 0.25) is 11.9 Å². The highest BCUT2D eigenvalue weighted by atomic mass is 32.1. The number of hydrogen-bond acceptors (Lipinski definition) is 6. The maximum Gasteiger partial charge on any atom is 0.276 e. The molecule has 1 aromatic carbocycles. The number of carbonyl (C=O) groups is 2. The van der Waals surface area contributed by atoms with E-state index in [0.29, 0.717) is 22.5 Å². The predicted molar refractivity (Wildman–Crippen MR) is 110 cm³/mol. The second-order valence-corrected chi connectivity index (χ2v) is 7.11. The van der Waals surface area contributed by atoms with E-state index in [1.807, 2.05) is 11.4 Å². The number of fused-ring (bicyclic) bond motifs is 2. The molecule has 0 saturated heterocycles. The van der Waals surface area contributed by atoms with Crippen LogP contribution in [0.3, 0.4) is 0 Å². The number of nitrogens with one attached hydrogen (secondary N) is 4. The topological polar surface area (TPSA) is 128 Å². The molecular weight excluding hydrogens is 390 g/mol. The lowest BCUT2D eigenvalue weighted by atomic mass is 10.2. The fourth-order valence-electron chi connectivity index (χ4n) is 2.95. The minimum atomic E-state index is -0.390. The number of amides is 2. The van der Waals surface area contributed by atoms with E-state index in [0.717, 1.165) is 10.1 Å². The number of pyridine rings is 1. The van der Waals surface area contributed by atoms with Crippen LogP contribution in [0.4, 0.5) is 11.9 Å². The summed E-state index contributed by atoms with van der Waals surface area (Å²) in [5, 5.41) is 8.27. The Kier molecular flexibility index (Phi) is 4.03. The zero-order chi connectivity index (χ0) is 19.8. The zero-order valence-electron chi connectivity index (χ0n) is 14.8. The van der Waals surface area contributed by atoms with Gasteiger partial charge in [0.1, 0.15) is 11.2 Å². The van der Waals surface area contributed by atoms with Gasteiger partial charge in [-0.1, -0.05) is 6.07 Å². The van der Waals surface area contributed by atoms with Crippen LogP contribution >= 0.6 is 11.3 Å². The van der Waals surface area contributed by atoms with Crippen molar-refractivity contribution in [2.75, 3.05) is 10.6 Å². The molecule has 0 radical (unpaired) electrons. The summed E-state index contributed by atoms with van der Waals surface area (Å²) in [6, 6.07) is 8.82. The lowest BCUT2D eigenvalue weighted by molar-refractivity contribution is 0.101. The van der Waals surface area contributed by atoms with Gasteiger partial charge in [-0.05, 0) is 35.0 Å². The van der Waals surface area contributed by atoms with Crippen molar-refractivity contribution in [3.05, 3.63) is 65.6 Å². The maximum absolute atomic E-state index is 12.6. The molecule has 0 aliphatic rings. The Morgan fingerprint density at radius 1 is 1.03 bits per heavy atom. The van der Waals surface area contributed by atoms with Crippen LogP contribution in [0.25, 0.3) is 21.1 Å². The van der Waals surface area contributed by atoms with E-state index in [1.165, 1.54) is 0 Å². The van der Waals surface area contributed by atoms with Gasteiger partial charge in [0.15, 0.2) is 0 Å². The standard InChI is InChI=1S/C19H13N7O2S/c27-16(25-18-20-5-6-21-18)11-2-1-3-12-15(11)24-19(23-12)26-17(28)13-8-10-4-7-29-14(10)9-22-13/h1-9H,(H2,20,21,25,27)(H2,23,24,26,28). The monoisotopic (exact) mass is 403 g/mol. The number of aromatic amines is 2. The summed E-state index contributed by atoms with van der Waals surface area (Å²) in [4.78, 5) is 43.5. The summed E-state index contributed by atoms with van der Waals surface area (Å²) >= 11 is 1.56. The van der Waals surface area contributed by atoms with E-state index < -0.39 is 5.91 Å². The molecule has 0 aliphatic carbocycles. The van der Waals surface area contributed by atoms with Gasteiger partial charge in [-0.3, -0.25) is 20.2 Å². The van der Waals surface area contributed by atoms with Gasteiger partial charge in [-0.2, -0.15) is 0 Å². The molecule has 5 rings (SSSR count). The quantitative estimate of drug-likeness (QED) is 0.366. The van der Waals surface area contributed by atoms with E-state index in [-0.39, 0.29) is 17.5 Å². The largest absolute Gasteiger partial charge is 0.331 e. The molecule has 0 fully saturated rings. The molecule has 9 nitrogen and oxygen atoms in total. The Hall–Kier alpha value is -4.05. The number of nitrogens with zero attached hydrogens (tertiary/aromatic N) is 3. The first-order valence-corrected chi connectivity index (χ1v) is 9.49. The number of thiophene rings is 1. The molecule has 0 unspecified atom stereocenters. The maximum atomic E-state index is 12.6. The van der Waals surface area contributed by atoms with Crippen LogP contribution in [0.5, 0.6) is 0 Å². The summed E-state index contributed by atoms with van der Waals surface area (Å²) < 4.78 is 1.01. The molecule has 10 heteroatoms. The molecule has 4 heterocycles. The fourth-order valence-corrected chi connectivity index (χ4v) is 3.68. The summed E-state index contributed by atoms with van der Waals surface area (Å²) in [6.07, 6.45) is 4.82. The van der Waals surface area contributed by atoms with Crippen LogP contribution in [-0.4, -0.2) is 36.7 Å². The van der Waals surface area contributed by atoms with Gasteiger partial charge in [0, 0.05) is 18.6 Å². The number of rotatable bonds is 4.